The second kappa shape index (κ2) is 11.9. The van der Waals surface area contributed by atoms with Gasteiger partial charge in [-0.2, -0.15) is 0 Å². The summed E-state index contributed by atoms with van der Waals surface area (Å²) in [5.41, 5.74) is 0.904. The molecular formula is C14H30N2O. The Morgan fingerprint density at radius 2 is 1.47 bits per heavy atom. The molecule has 102 valence electrons. The zero-order chi connectivity index (χ0) is 12.9. The average molecular weight is 242 g/mol. The molecule has 1 N–H and O–H groups in total. The van der Waals surface area contributed by atoms with Crippen LogP contribution in [0, 0.1) is 0 Å². The molecule has 0 bridgehead atoms. The zero-order valence-electron chi connectivity index (χ0n) is 11.9. The van der Waals surface area contributed by atoms with Crippen LogP contribution >= 0.6 is 0 Å². The summed E-state index contributed by atoms with van der Waals surface area (Å²) in [6.45, 7) is 3.02. The van der Waals surface area contributed by atoms with Crippen LogP contribution in [-0.4, -0.2) is 36.5 Å². The molecule has 0 aromatic rings. The van der Waals surface area contributed by atoms with Gasteiger partial charge in [0.2, 0.25) is 0 Å². The van der Waals surface area contributed by atoms with Gasteiger partial charge in [0.15, 0.2) is 0 Å². The maximum absolute atomic E-state index is 8.84. The molecule has 0 atom stereocenters. The van der Waals surface area contributed by atoms with Crippen LogP contribution in [0.4, 0.5) is 0 Å². The molecule has 0 aliphatic carbocycles. The van der Waals surface area contributed by atoms with Crippen molar-refractivity contribution in [2.24, 2.45) is 5.16 Å². The highest BCUT2D eigenvalue weighted by Gasteiger charge is 2.01. The third kappa shape index (κ3) is 11.7. The number of oxime groups is 1. The molecule has 0 radical (unpaired) electrons. The van der Waals surface area contributed by atoms with E-state index in [2.05, 4.69) is 12.1 Å². The number of hydrogen-bond acceptors (Lipinski definition) is 3. The first-order valence-electron chi connectivity index (χ1n) is 7.05. The van der Waals surface area contributed by atoms with Crippen LogP contribution in [-0.2, 0) is 0 Å². The Morgan fingerprint density at radius 1 is 0.941 bits per heavy atom. The molecule has 0 unspecified atom stereocenters. The van der Waals surface area contributed by atoms with Crippen molar-refractivity contribution < 1.29 is 5.21 Å². The molecule has 0 aliphatic heterocycles. The van der Waals surface area contributed by atoms with Crippen molar-refractivity contribution in [3.8, 4) is 0 Å². The molecule has 0 heterocycles. The predicted octanol–water partition coefficient (Wildman–Crippen LogP) is 3.91. The van der Waals surface area contributed by atoms with Gasteiger partial charge in [-0.15, -0.1) is 0 Å². The van der Waals surface area contributed by atoms with E-state index in [0.717, 1.165) is 25.1 Å². The molecule has 0 aromatic heterocycles. The summed E-state index contributed by atoms with van der Waals surface area (Å²) in [7, 11) is 4.00. The van der Waals surface area contributed by atoms with Gasteiger partial charge in [0.05, 0.1) is 5.71 Å². The van der Waals surface area contributed by atoms with Gasteiger partial charge >= 0.3 is 0 Å². The number of hydrogen-bond donors (Lipinski definition) is 1. The molecule has 0 saturated heterocycles. The second-order valence-electron chi connectivity index (χ2n) is 5.13. The first-order chi connectivity index (χ1) is 8.20. The fourth-order valence-electron chi connectivity index (χ4n) is 1.99. The van der Waals surface area contributed by atoms with Gasteiger partial charge in [0, 0.05) is 6.54 Å². The smallest absolute Gasteiger partial charge is 0.0710 e. The molecular weight excluding hydrogens is 212 g/mol. The summed E-state index contributed by atoms with van der Waals surface area (Å²) in [5.74, 6) is 0. The highest BCUT2D eigenvalue weighted by Crippen LogP contribution is 2.10. The van der Waals surface area contributed by atoms with Crippen LogP contribution in [0.25, 0.3) is 0 Å². The molecule has 0 rings (SSSR count). The van der Waals surface area contributed by atoms with Gasteiger partial charge in [-0.25, -0.2) is 0 Å². The number of rotatable bonds is 11. The normalized spacial score (nSPS) is 12.4. The van der Waals surface area contributed by atoms with Gasteiger partial charge in [-0.1, -0.05) is 57.0 Å². The molecule has 0 amide bonds. The summed E-state index contributed by atoms with van der Waals surface area (Å²) in [6.07, 6.45) is 11.5. The third-order valence-electron chi connectivity index (χ3n) is 2.96. The number of unbranched alkanes of at least 4 members (excludes halogenated alkanes) is 7. The van der Waals surface area contributed by atoms with E-state index in [0.29, 0.717) is 0 Å². The van der Waals surface area contributed by atoms with Crippen LogP contribution < -0.4 is 0 Å². The van der Waals surface area contributed by atoms with Gasteiger partial charge in [-0.05, 0) is 26.9 Å². The lowest BCUT2D eigenvalue weighted by Gasteiger charge is -2.10. The molecule has 17 heavy (non-hydrogen) atoms. The SMILES string of the molecule is CCCCCCCCCCC(CN(C)C)=NO. The number of nitrogens with zero attached hydrogens (tertiary/aromatic N) is 2. The Labute approximate surface area is 107 Å². The quantitative estimate of drug-likeness (QED) is 0.258. The Hall–Kier alpha value is -0.570. The van der Waals surface area contributed by atoms with Crippen molar-refractivity contribution in [3.63, 3.8) is 0 Å². The Balaban J connectivity index is 3.32. The van der Waals surface area contributed by atoms with Crippen LogP contribution in [0.15, 0.2) is 5.16 Å². The summed E-state index contributed by atoms with van der Waals surface area (Å²) in [4.78, 5) is 2.04. The minimum Gasteiger partial charge on any atom is -0.411 e. The molecule has 0 aromatic carbocycles. The fourth-order valence-corrected chi connectivity index (χ4v) is 1.99. The van der Waals surface area contributed by atoms with Crippen molar-refractivity contribution in [3.05, 3.63) is 0 Å². The average Bonchev–Trinajstić information content (AvgIpc) is 2.30. The lowest BCUT2D eigenvalue weighted by atomic mass is 10.1. The van der Waals surface area contributed by atoms with Gasteiger partial charge in [0.25, 0.3) is 0 Å². The monoisotopic (exact) mass is 242 g/mol. The van der Waals surface area contributed by atoms with Crippen LogP contribution in [0.3, 0.4) is 0 Å². The lowest BCUT2D eigenvalue weighted by molar-refractivity contribution is 0.312. The molecule has 0 saturated carbocycles. The molecule has 3 nitrogen and oxygen atoms in total. The minimum absolute atomic E-state index is 0.771. The van der Waals surface area contributed by atoms with Crippen LogP contribution in [0.5, 0.6) is 0 Å². The van der Waals surface area contributed by atoms with Gasteiger partial charge in [-0.3, -0.25) is 0 Å². The summed E-state index contributed by atoms with van der Waals surface area (Å²) in [5, 5.41) is 12.2. The van der Waals surface area contributed by atoms with Gasteiger partial charge < -0.3 is 10.1 Å². The standard InChI is InChI=1S/C14H30N2O/c1-4-5-6-7-8-9-10-11-12-14(15-17)13-16(2)3/h17H,4-13H2,1-3H3. The summed E-state index contributed by atoms with van der Waals surface area (Å²) >= 11 is 0. The zero-order valence-corrected chi connectivity index (χ0v) is 11.9. The van der Waals surface area contributed by atoms with E-state index >= 15 is 0 Å². The Morgan fingerprint density at radius 3 is 1.94 bits per heavy atom. The van der Waals surface area contributed by atoms with Gasteiger partial charge in [0.1, 0.15) is 0 Å². The van der Waals surface area contributed by atoms with Crippen molar-refractivity contribution in [1.29, 1.82) is 0 Å². The van der Waals surface area contributed by atoms with Crippen molar-refractivity contribution in [1.82, 2.24) is 4.90 Å². The highest BCUT2D eigenvalue weighted by atomic mass is 16.4. The first kappa shape index (κ1) is 16.4. The van der Waals surface area contributed by atoms with E-state index in [1.54, 1.807) is 0 Å². The molecule has 0 fully saturated rings. The van der Waals surface area contributed by atoms with Crippen LogP contribution in [0.2, 0.25) is 0 Å². The van der Waals surface area contributed by atoms with Crippen molar-refractivity contribution in [2.75, 3.05) is 20.6 Å². The van der Waals surface area contributed by atoms with Crippen molar-refractivity contribution >= 4 is 5.71 Å². The van der Waals surface area contributed by atoms with E-state index in [9.17, 15) is 0 Å². The van der Waals surface area contributed by atoms with E-state index in [-0.39, 0.29) is 0 Å². The molecule has 3 heteroatoms. The molecule has 0 spiro atoms. The van der Waals surface area contributed by atoms with Crippen molar-refractivity contribution in [2.45, 2.75) is 64.7 Å². The predicted molar refractivity (Wildman–Crippen MR) is 75.0 cm³/mol. The summed E-state index contributed by atoms with van der Waals surface area (Å²) < 4.78 is 0. The van der Waals surface area contributed by atoms with E-state index in [4.69, 9.17) is 5.21 Å². The molecule has 0 aliphatic rings. The first-order valence-corrected chi connectivity index (χ1v) is 7.05. The van der Waals surface area contributed by atoms with Crippen LogP contribution in [0.1, 0.15) is 64.7 Å². The van der Waals surface area contributed by atoms with E-state index in [1.807, 2.05) is 19.0 Å². The largest absolute Gasteiger partial charge is 0.411 e. The topological polar surface area (TPSA) is 35.8 Å². The maximum atomic E-state index is 8.84. The fraction of sp³-hybridized carbons (Fsp3) is 0.929. The Kier molecular flexibility index (Phi) is 11.5. The van der Waals surface area contributed by atoms with E-state index in [1.165, 1.54) is 44.9 Å². The van der Waals surface area contributed by atoms with E-state index < -0.39 is 0 Å². The third-order valence-corrected chi connectivity index (χ3v) is 2.96. The highest BCUT2D eigenvalue weighted by molar-refractivity contribution is 5.85. The summed E-state index contributed by atoms with van der Waals surface area (Å²) in [6, 6.07) is 0. The lowest BCUT2D eigenvalue weighted by Crippen LogP contribution is -2.21. The maximum Gasteiger partial charge on any atom is 0.0710 e. The minimum atomic E-state index is 0.771. The Bertz CT molecular complexity index is 191. The second-order valence-corrected chi connectivity index (χ2v) is 5.13.